The van der Waals surface area contributed by atoms with Crippen LogP contribution in [-0.4, -0.2) is 62.1 Å². The maximum absolute atomic E-state index is 14.1. The second-order valence-electron chi connectivity index (χ2n) is 8.65. The molecule has 188 valence electrons. The van der Waals surface area contributed by atoms with Crippen LogP contribution in [0.5, 0.6) is 11.5 Å². The molecule has 3 aromatic carbocycles. The topological polar surface area (TPSA) is 66.4 Å². The minimum Gasteiger partial charge on any atom is -0.493 e. The monoisotopic (exact) mass is 490 g/mol. The Kier molecular flexibility index (Phi) is 8.17. The summed E-state index contributed by atoms with van der Waals surface area (Å²) in [6.45, 7) is 5.27. The van der Waals surface area contributed by atoms with E-state index >= 15 is 0 Å². The zero-order valence-electron chi connectivity index (χ0n) is 20.8. The van der Waals surface area contributed by atoms with Crippen LogP contribution >= 0.6 is 0 Å². The number of halogens is 1. The summed E-state index contributed by atoms with van der Waals surface area (Å²) >= 11 is 0. The highest BCUT2D eigenvalue weighted by molar-refractivity contribution is 6.06. The fraction of sp³-hybridized carbons (Fsp3) is 0.286. The molecule has 1 amide bonds. The van der Waals surface area contributed by atoms with Gasteiger partial charge in [-0.3, -0.25) is 15.0 Å². The minimum absolute atomic E-state index is 0.191. The third-order valence-corrected chi connectivity index (χ3v) is 6.13. The number of benzene rings is 3. The normalized spacial score (nSPS) is 14.4. The van der Waals surface area contributed by atoms with Crippen LogP contribution in [0.15, 0.2) is 71.7 Å². The zero-order chi connectivity index (χ0) is 25.5. The van der Waals surface area contributed by atoms with Gasteiger partial charge in [-0.15, -0.1) is 0 Å². The molecular formula is C28H31FN4O3. The first-order valence-corrected chi connectivity index (χ1v) is 11.9. The average molecular weight is 491 g/mol. The number of ether oxygens (including phenoxy) is 2. The highest BCUT2D eigenvalue weighted by atomic mass is 19.1. The predicted octanol–water partition coefficient (Wildman–Crippen LogP) is 4.39. The Labute approximate surface area is 211 Å². The summed E-state index contributed by atoms with van der Waals surface area (Å²) in [5, 5.41) is 3.00. The third-order valence-electron chi connectivity index (χ3n) is 6.13. The van der Waals surface area contributed by atoms with Gasteiger partial charge in [0.1, 0.15) is 5.82 Å². The van der Waals surface area contributed by atoms with Crippen molar-refractivity contribution in [2.24, 2.45) is 4.99 Å². The first kappa shape index (κ1) is 25.2. The number of carbonyl (C=O) groups is 1. The largest absolute Gasteiger partial charge is 0.493 e. The van der Waals surface area contributed by atoms with Gasteiger partial charge in [0, 0.05) is 43.9 Å². The molecule has 0 bridgehead atoms. The fourth-order valence-electron chi connectivity index (χ4n) is 4.13. The molecule has 3 aromatic rings. The van der Waals surface area contributed by atoms with Crippen molar-refractivity contribution in [2.75, 3.05) is 40.4 Å². The van der Waals surface area contributed by atoms with Crippen molar-refractivity contribution in [2.45, 2.75) is 13.5 Å². The molecule has 0 unspecified atom stereocenters. The molecule has 4 rings (SSSR count). The van der Waals surface area contributed by atoms with Gasteiger partial charge >= 0.3 is 0 Å². The highest BCUT2D eigenvalue weighted by Crippen LogP contribution is 2.27. The van der Waals surface area contributed by atoms with Gasteiger partial charge in [-0.05, 0) is 48.9 Å². The summed E-state index contributed by atoms with van der Waals surface area (Å²) in [6, 6.07) is 19.7. The Morgan fingerprint density at radius 2 is 1.69 bits per heavy atom. The van der Waals surface area contributed by atoms with Gasteiger partial charge in [0.05, 0.1) is 19.9 Å². The van der Waals surface area contributed by atoms with Gasteiger partial charge in [0.2, 0.25) is 5.96 Å². The molecule has 8 heteroatoms. The van der Waals surface area contributed by atoms with Crippen molar-refractivity contribution in [3.05, 3.63) is 89.2 Å². The van der Waals surface area contributed by atoms with Crippen LogP contribution in [0.1, 0.15) is 21.5 Å². The number of aryl methyl sites for hydroxylation is 1. The minimum atomic E-state index is -0.295. The summed E-state index contributed by atoms with van der Waals surface area (Å²) < 4.78 is 24.7. The van der Waals surface area contributed by atoms with Crippen LogP contribution in [0.3, 0.4) is 0 Å². The molecule has 1 saturated heterocycles. The van der Waals surface area contributed by atoms with Crippen LogP contribution in [0.2, 0.25) is 0 Å². The molecule has 7 nitrogen and oxygen atoms in total. The van der Waals surface area contributed by atoms with E-state index in [9.17, 15) is 9.18 Å². The van der Waals surface area contributed by atoms with E-state index in [4.69, 9.17) is 14.5 Å². The number of rotatable bonds is 6. The number of hydrogen-bond acceptors (Lipinski definition) is 5. The van der Waals surface area contributed by atoms with E-state index in [2.05, 4.69) is 15.1 Å². The predicted molar refractivity (Wildman–Crippen MR) is 139 cm³/mol. The maximum Gasteiger partial charge on any atom is 0.258 e. The molecule has 0 radical (unpaired) electrons. The van der Waals surface area contributed by atoms with Crippen LogP contribution < -0.4 is 14.8 Å². The number of piperazine rings is 1. The molecule has 1 heterocycles. The standard InChI is InChI=1S/C28H31FN4O3/c1-20-7-6-9-23(17-20)30-28(31-27(34)21-11-12-25(35-2)26(18-21)36-3)33-15-13-32(14-16-33)19-22-8-4-5-10-24(22)29/h4-12,17-18H,13-16,19H2,1-3H3,(H,30,31,34). The lowest BCUT2D eigenvalue weighted by molar-refractivity contribution is 0.0967. The number of nitrogens with zero attached hydrogens (tertiary/aromatic N) is 3. The first-order chi connectivity index (χ1) is 17.5. The van der Waals surface area contributed by atoms with Gasteiger partial charge < -0.3 is 14.4 Å². The fourth-order valence-corrected chi connectivity index (χ4v) is 4.13. The van der Waals surface area contributed by atoms with E-state index in [-0.39, 0.29) is 11.7 Å². The summed E-state index contributed by atoms with van der Waals surface area (Å²) in [5.41, 5.74) is 2.95. The van der Waals surface area contributed by atoms with Crippen molar-refractivity contribution in [1.29, 1.82) is 0 Å². The van der Waals surface area contributed by atoms with Gasteiger partial charge in [-0.25, -0.2) is 9.38 Å². The molecule has 1 N–H and O–H groups in total. The number of guanidine groups is 1. The lowest BCUT2D eigenvalue weighted by atomic mass is 10.2. The van der Waals surface area contributed by atoms with Crippen molar-refractivity contribution in [3.8, 4) is 11.5 Å². The Hall–Kier alpha value is -3.91. The van der Waals surface area contributed by atoms with Gasteiger partial charge in [0.15, 0.2) is 11.5 Å². The van der Waals surface area contributed by atoms with E-state index < -0.39 is 0 Å². The van der Waals surface area contributed by atoms with Crippen LogP contribution in [0.4, 0.5) is 10.1 Å². The maximum atomic E-state index is 14.1. The summed E-state index contributed by atoms with van der Waals surface area (Å²) in [5.74, 6) is 1.02. The smallest absolute Gasteiger partial charge is 0.258 e. The van der Waals surface area contributed by atoms with Crippen molar-refractivity contribution in [3.63, 3.8) is 0 Å². The van der Waals surface area contributed by atoms with E-state index in [1.54, 1.807) is 31.4 Å². The van der Waals surface area contributed by atoms with E-state index in [0.717, 1.165) is 11.3 Å². The zero-order valence-corrected chi connectivity index (χ0v) is 20.8. The summed E-state index contributed by atoms with van der Waals surface area (Å²) in [6.07, 6.45) is 0. The Balaban J connectivity index is 1.52. The van der Waals surface area contributed by atoms with Crippen LogP contribution in [-0.2, 0) is 6.54 Å². The lowest BCUT2D eigenvalue weighted by Gasteiger charge is -2.36. The SMILES string of the molecule is COc1ccc(C(=O)NC(=Nc2cccc(C)c2)N2CCN(Cc3ccccc3F)CC2)cc1OC. The first-order valence-electron chi connectivity index (χ1n) is 11.9. The molecule has 0 atom stereocenters. The molecule has 1 aliphatic rings. The van der Waals surface area contributed by atoms with Gasteiger partial charge in [-0.2, -0.15) is 0 Å². The molecular weight excluding hydrogens is 459 g/mol. The molecule has 0 spiro atoms. The molecule has 36 heavy (non-hydrogen) atoms. The molecule has 0 aliphatic carbocycles. The number of hydrogen-bond donors (Lipinski definition) is 1. The molecule has 1 fully saturated rings. The number of nitrogens with one attached hydrogen (secondary N) is 1. The Morgan fingerprint density at radius 1 is 0.944 bits per heavy atom. The van der Waals surface area contributed by atoms with Crippen molar-refractivity contribution < 1.29 is 18.7 Å². The molecule has 1 aliphatic heterocycles. The van der Waals surface area contributed by atoms with E-state index in [1.807, 2.05) is 43.3 Å². The van der Waals surface area contributed by atoms with Gasteiger partial charge in [0.25, 0.3) is 5.91 Å². The van der Waals surface area contributed by atoms with Crippen molar-refractivity contribution in [1.82, 2.24) is 15.1 Å². The Bertz CT molecular complexity index is 1240. The molecule has 0 aromatic heterocycles. The average Bonchev–Trinajstić information content (AvgIpc) is 2.89. The van der Waals surface area contributed by atoms with Crippen LogP contribution in [0.25, 0.3) is 0 Å². The lowest BCUT2D eigenvalue weighted by Crippen LogP contribution is -2.53. The number of amides is 1. The summed E-state index contributed by atoms with van der Waals surface area (Å²) in [4.78, 5) is 22.2. The van der Waals surface area contributed by atoms with Gasteiger partial charge in [-0.1, -0.05) is 30.3 Å². The molecule has 0 saturated carbocycles. The third kappa shape index (κ3) is 6.20. The highest BCUT2D eigenvalue weighted by Gasteiger charge is 2.23. The van der Waals surface area contributed by atoms with E-state index in [0.29, 0.717) is 61.3 Å². The van der Waals surface area contributed by atoms with Crippen LogP contribution in [0, 0.1) is 12.7 Å². The van der Waals surface area contributed by atoms with E-state index in [1.165, 1.54) is 13.2 Å². The Morgan fingerprint density at radius 3 is 2.39 bits per heavy atom. The second-order valence-corrected chi connectivity index (χ2v) is 8.65. The number of aliphatic imine (C=N–C) groups is 1. The van der Waals surface area contributed by atoms with Crippen molar-refractivity contribution >= 4 is 17.6 Å². The number of carbonyl (C=O) groups excluding carboxylic acids is 1. The second kappa shape index (κ2) is 11.7. The summed E-state index contributed by atoms with van der Waals surface area (Å²) in [7, 11) is 3.08. The number of methoxy groups -OCH3 is 2. The quantitative estimate of drug-likeness (QED) is 0.410.